The Balaban J connectivity index is 1.43. The van der Waals surface area contributed by atoms with Crippen molar-refractivity contribution in [3.63, 3.8) is 0 Å². The van der Waals surface area contributed by atoms with Gasteiger partial charge < -0.3 is 10.0 Å². The molecule has 128 valence electrons. The van der Waals surface area contributed by atoms with Crippen LogP contribution in [0.2, 0.25) is 0 Å². The summed E-state index contributed by atoms with van der Waals surface area (Å²) in [5, 5.41) is 9.91. The minimum atomic E-state index is -2.28. The maximum atomic E-state index is 14.0. The van der Waals surface area contributed by atoms with E-state index in [1.165, 1.54) is 4.90 Å². The van der Waals surface area contributed by atoms with Gasteiger partial charge >= 0.3 is 5.97 Å². The molecule has 1 aromatic heterocycles. The number of carbonyl (C=O) groups is 2. The topological polar surface area (TPSA) is 70.5 Å². The van der Waals surface area contributed by atoms with Crippen LogP contribution < -0.4 is 0 Å². The molecular weight excluding hydrogens is 331 g/mol. The van der Waals surface area contributed by atoms with E-state index in [2.05, 4.69) is 4.98 Å². The third-order valence-electron chi connectivity index (χ3n) is 4.32. The summed E-state index contributed by atoms with van der Waals surface area (Å²) < 4.78 is 15.1. The van der Waals surface area contributed by atoms with Crippen molar-refractivity contribution in [2.24, 2.45) is 0 Å². The zero-order chi connectivity index (χ0) is 17.2. The summed E-state index contributed by atoms with van der Waals surface area (Å²) in [5.74, 6) is -1.64. The van der Waals surface area contributed by atoms with Crippen molar-refractivity contribution in [2.45, 2.75) is 37.8 Å². The lowest BCUT2D eigenvalue weighted by molar-refractivity contribution is -0.150. The van der Waals surface area contributed by atoms with Gasteiger partial charge in [-0.05, 0) is 31.4 Å². The number of carboxylic acid groups (broad SMARTS) is 1. The van der Waals surface area contributed by atoms with Crippen LogP contribution in [0.1, 0.15) is 30.7 Å². The predicted octanol–water partition coefficient (Wildman–Crippen LogP) is 3.03. The van der Waals surface area contributed by atoms with Crippen LogP contribution in [0.3, 0.4) is 0 Å². The van der Waals surface area contributed by atoms with Gasteiger partial charge in [0.2, 0.25) is 11.6 Å². The van der Waals surface area contributed by atoms with Gasteiger partial charge in [-0.2, -0.15) is 0 Å². The van der Waals surface area contributed by atoms with Crippen LogP contribution in [0.25, 0.3) is 10.2 Å². The van der Waals surface area contributed by atoms with E-state index >= 15 is 0 Å². The van der Waals surface area contributed by atoms with Crippen molar-refractivity contribution < 1.29 is 19.1 Å². The number of unbranched alkanes of at least 4 members (excludes halogenated alkanes) is 1. The van der Waals surface area contributed by atoms with E-state index in [0.29, 0.717) is 12.8 Å². The van der Waals surface area contributed by atoms with Crippen molar-refractivity contribution in [1.82, 2.24) is 9.88 Å². The summed E-state index contributed by atoms with van der Waals surface area (Å²) in [6.45, 7) is -0.154. The molecule has 3 rings (SSSR count). The molecule has 1 saturated heterocycles. The number of carboxylic acids is 1. The van der Waals surface area contributed by atoms with E-state index < -0.39 is 11.6 Å². The number of fused-ring (bicyclic) bond motifs is 1. The van der Waals surface area contributed by atoms with Gasteiger partial charge in [-0.3, -0.25) is 4.79 Å². The quantitative estimate of drug-likeness (QED) is 0.813. The molecule has 0 radical (unpaired) electrons. The van der Waals surface area contributed by atoms with Crippen LogP contribution in [0.4, 0.5) is 4.39 Å². The van der Waals surface area contributed by atoms with Crippen molar-refractivity contribution >= 4 is 33.4 Å². The van der Waals surface area contributed by atoms with Gasteiger partial charge in [-0.15, -0.1) is 11.3 Å². The number of benzene rings is 1. The second-order valence-corrected chi connectivity index (χ2v) is 7.23. The molecule has 0 spiro atoms. The number of rotatable bonds is 6. The number of amides is 1. The van der Waals surface area contributed by atoms with Crippen molar-refractivity contribution in [3.8, 4) is 0 Å². The van der Waals surface area contributed by atoms with Gasteiger partial charge in [0.25, 0.3) is 0 Å². The molecule has 1 unspecified atom stereocenters. The zero-order valence-corrected chi connectivity index (χ0v) is 14.0. The highest BCUT2D eigenvalue weighted by molar-refractivity contribution is 7.18. The Kier molecular flexibility index (Phi) is 4.80. The van der Waals surface area contributed by atoms with Crippen LogP contribution in [-0.2, 0) is 16.0 Å². The fraction of sp³-hybridized carbons (Fsp3) is 0.471. The fourth-order valence-electron chi connectivity index (χ4n) is 2.90. The maximum Gasteiger partial charge on any atom is 0.343 e. The largest absolute Gasteiger partial charge is 0.479 e. The molecule has 1 aliphatic rings. The number of carbonyl (C=O) groups excluding carboxylic acids is 1. The molecule has 2 heterocycles. The van der Waals surface area contributed by atoms with E-state index in [0.717, 1.165) is 28.1 Å². The molecule has 1 N–H and O–H groups in total. The number of likely N-dealkylation sites (tertiary alicyclic amines) is 1. The summed E-state index contributed by atoms with van der Waals surface area (Å²) in [4.78, 5) is 28.8. The van der Waals surface area contributed by atoms with Crippen LogP contribution in [0.15, 0.2) is 24.3 Å². The highest BCUT2D eigenvalue weighted by Crippen LogP contribution is 2.27. The lowest BCUT2D eigenvalue weighted by atomic mass is 10.1. The molecule has 0 bridgehead atoms. The summed E-state index contributed by atoms with van der Waals surface area (Å²) in [6.07, 6.45) is 2.53. The number of nitrogens with zero attached hydrogens (tertiary/aromatic N) is 2. The van der Waals surface area contributed by atoms with E-state index in [1.54, 1.807) is 11.3 Å². The Bertz CT molecular complexity index is 730. The maximum absolute atomic E-state index is 14.0. The molecule has 1 amide bonds. The normalized spacial score (nSPS) is 20.6. The van der Waals surface area contributed by atoms with Crippen LogP contribution in [0.5, 0.6) is 0 Å². The van der Waals surface area contributed by atoms with Crippen LogP contribution >= 0.6 is 11.3 Å². The first-order valence-corrected chi connectivity index (χ1v) is 8.84. The highest BCUT2D eigenvalue weighted by Gasteiger charge is 2.46. The van der Waals surface area contributed by atoms with E-state index in [4.69, 9.17) is 5.11 Å². The number of aromatic nitrogens is 1. The lowest BCUT2D eigenvalue weighted by Gasteiger charge is -2.17. The lowest BCUT2D eigenvalue weighted by Crippen LogP contribution is -2.38. The standard InChI is InChI=1S/C17H19FN2O3S/c18-17(16(22)23)9-10-20(11-17)15(21)8-4-3-7-14-19-12-5-1-2-6-13(12)24-14/h1-2,5-6H,3-4,7-11H2,(H,22,23). The Morgan fingerprint density at radius 2 is 2.12 bits per heavy atom. The third-order valence-corrected chi connectivity index (χ3v) is 5.42. The molecule has 1 aromatic carbocycles. The number of aryl methyl sites for hydroxylation is 1. The molecule has 0 aliphatic carbocycles. The monoisotopic (exact) mass is 350 g/mol. The van der Waals surface area contributed by atoms with Gasteiger partial charge in [0, 0.05) is 19.4 Å². The average Bonchev–Trinajstić information content (AvgIpc) is 3.15. The number of para-hydroxylation sites is 1. The smallest absolute Gasteiger partial charge is 0.343 e. The van der Waals surface area contributed by atoms with Crippen LogP contribution in [-0.4, -0.2) is 45.6 Å². The number of halogens is 1. The molecular formula is C17H19FN2O3S. The number of thiazole rings is 1. The summed E-state index contributed by atoms with van der Waals surface area (Å²) >= 11 is 1.66. The molecule has 1 fully saturated rings. The first kappa shape index (κ1) is 16.8. The predicted molar refractivity (Wildman–Crippen MR) is 89.8 cm³/mol. The molecule has 7 heteroatoms. The molecule has 2 aromatic rings. The minimum absolute atomic E-state index is 0.125. The molecule has 0 saturated carbocycles. The fourth-order valence-corrected chi connectivity index (χ4v) is 3.91. The SMILES string of the molecule is O=C(CCCCc1nc2ccccc2s1)N1CCC(F)(C(=O)O)C1. The highest BCUT2D eigenvalue weighted by atomic mass is 32.1. The first-order valence-electron chi connectivity index (χ1n) is 8.02. The van der Waals surface area contributed by atoms with Crippen molar-refractivity contribution in [2.75, 3.05) is 13.1 Å². The van der Waals surface area contributed by atoms with E-state index in [1.807, 2.05) is 24.3 Å². The van der Waals surface area contributed by atoms with Crippen molar-refractivity contribution in [3.05, 3.63) is 29.3 Å². The summed E-state index contributed by atoms with van der Waals surface area (Å²) in [7, 11) is 0. The second-order valence-electron chi connectivity index (χ2n) is 6.12. The van der Waals surface area contributed by atoms with Gasteiger partial charge in [0.05, 0.1) is 21.8 Å². The molecule has 5 nitrogen and oxygen atoms in total. The Morgan fingerprint density at radius 3 is 2.83 bits per heavy atom. The Labute approximate surface area is 143 Å². The van der Waals surface area contributed by atoms with Gasteiger partial charge in [-0.25, -0.2) is 14.2 Å². The summed E-state index contributed by atoms with van der Waals surface area (Å²) in [5.41, 5.74) is -1.28. The number of alkyl halides is 1. The Hall–Kier alpha value is -2.02. The van der Waals surface area contributed by atoms with Crippen LogP contribution in [0, 0.1) is 0 Å². The average molecular weight is 350 g/mol. The number of aliphatic carboxylic acids is 1. The number of hydrogen-bond donors (Lipinski definition) is 1. The molecule has 1 aliphatic heterocycles. The molecule has 24 heavy (non-hydrogen) atoms. The van der Waals surface area contributed by atoms with Gasteiger partial charge in [-0.1, -0.05) is 12.1 Å². The third kappa shape index (κ3) is 3.56. The Morgan fingerprint density at radius 1 is 1.33 bits per heavy atom. The van der Waals surface area contributed by atoms with E-state index in [9.17, 15) is 14.0 Å². The van der Waals surface area contributed by atoms with Gasteiger partial charge in [0.1, 0.15) is 0 Å². The number of hydrogen-bond acceptors (Lipinski definition) is 4. The minimum Gasteiger partial charge on any atom is -0.479 e. The second kappa shape index (κ2) is 6.84. The zero-order valence-electron chi connectivity index (χ0n) is 13.2. The van der Waals surface area contributed by atoms with Crippen molar-refractivity contribution in [1.29, 1.82) is 0 Å². The molecule has 1 atom stereocenters. The first-order chi connectivity index (χ1) is 11.5. The summed E-state index contributed by atoms with van der Waals surface area (Å²) in [6, 6.07) is 7.97. The van der Waals surface area contributed by atoms with Gasteiger partial charge in [0.15, 0.2) is 0 Å². The van der Waals surface area contributed by atoms with E-state index in [-0.39, 0.29) is 25.4 Å².